The summed E-state index contributed by atoms with van der Waals surface area (Å²) in [7, 11) is 0. The first-order valence-corrected chi connectivity index (χ1v) is 4.05. The molecule has 1 rings (SSSR count). The van der Waals surface area contributed by atoms with Gasteiger partial charge in [-0.3, -0.25) is 4.21 Å². The first kappa shape index (κ1) is 8.36. The highest BCUT2D eigenvalue weighted by molar-refractivity contribution is 7.79. The van der Waals surface area contributed by atoms with E-state index in [0.29, 0.717) is 5.56 Å². The van der Waals surface area contributed by atoms with Crippen molar-refractivity contribution in [2.75, 3.05) is 0 Å². The smallest absolute Gasteiger partial charge is 0.141 e. The van der Waals surface area contributed by atoms with Gasteiger partial charge in [0.15, 0.2) is 0 Å². The van der Waals surface area contributed by atoms with Gasteiger partial charge in [0.05, 0.1) is 4.90 Å². The first-order valence-electron chi connectivity index (χ1n) is 2.97. The van der Waals surface area contributed by atoms with Crippen LogP contribution < -0.4 is 0 Å². The maximum atomic E-state index is 12.9. The predicted octanol–water partition coefficient (Wildman–Crippen LogP) is 1.37. The van der Waals surface area contributed by atoms with Crippen LogP contribution in [0.3, 0.4) is 0 Å². The van der Waals surface area contributed by atoms with Gasteiger partial charge < -0.3 is 4.55 Å². The van der Waals surface area contributed by atoms with E-state index < -0.39 is 16.9 Å². The molecule has 0 N–H and O–H groups in total. The largest absolute Gasteiger partial charge is 0.768 e. The van der Waals surface area contributed by atoms with E-state index in [9.17, 15) is 13.2 Å². The van der Waals surface area contributed by atoms with Gasteiger partial charge in [0, 0.05) is 0 Å². The lowest BCUT2D eigenvalue weighted by Gasteiger charge is -2.06. The van der Waals surface area contributed by atoms with Crippen LogP contribution in [-0.4, -0.2) is 8.76 Å². The molecule has 0 amide bonds. The first-order chi connectivity index (χ1) is 5.13. The second-order valence-corrected chi connectivity index (χ2v) is 3.03. The Hall–Kier alpha value is -0.740. The molecule has 0 aliphatic carbocycles. The zero-order chi connectivity index (χ0) is 8.43. The molecule has 1 aromatic carbocycles. The van der Waals surface area contributed by atoms with Crippen molar-refractivity contribution in [2.45, 2.75) is 11.8 Å². The molecule has 0 fully saturated rings. The lowest BCUT2D eigenvalue weighted by Crippen LogP contribution is -1.95. The Bertz CT molecular complexity index is 298. The lowest BCUT2D eigenvalue weighted by molar-refractivity contribution is 0.521. The van der Waals surface area contributed by atoms with Crippen LogP contribution in [0.5, 0.6) is 0 Å². The van der Waals surface area contributed by atoms with Gasteiger partial charge in [-0.25, -0.2) is 4.39 Å². The molecular weight excluding hydrogens is 167 g/mol. The zero-order valence-corrected chi connectivity index (χ0v) is 6.65. The molecule has 0 spiro atoms. The SMILES string of the molecule is Cc1cccc(S(=O)[O-])c1F. The third kappa shape index (κ3) is 1.64. The highest BCUT2D eigenvalue weighted by Gasteiger charge is 2.03. The van der Waals surface area contributed by atoms with Gasteiger partial charge in [0.1, 0.15) is 5.82 Å². The summed E-state index contributed by atoms with van der Waals surface area (Å²) in [6.07, 6.45) is 0. The maximum absolute atomic E-state index is 12.9. The Morgan fingerprint density at radius 2 is 2.18 bits per heavy atom. The van der Waals surface area contributed by atoms with E-state index in [1.54, 1.807) is 0 Å². The summed E-state index contributed by atoms with van der Waals surface area (Å²) in [4.78, 5) is -0.273. The van der Waals surface area contributed by atoms with Gasteiger partial charge in [0.25, 0.3) is 0 Å². The van der Waals surface area contributed by atoms with Crippen molar-refractivity contribution in [3.63, 3.8) is 0 Å². The molecule has 2 nitrogen and oxygen atoms in total. The molecular formula is C7H6FO2S-. The highest BCUT2D eigenvalue weighted by atomic mass is 32.2. The van der Waals surface area contributed by atoms with Crippen molar-refractivity contribution in [3.8, 4) is 0 Å². The molecule has 1 unspecified atom stereocenters. The van der Waals surface area contributed by atoms with Crippen LogP contribution in [0.25, 0.3) is 0 Å². The topological polar surface area (TPSA) is 40.1 Å². The molecule has 1 aromatic rings. The van der Waals surface area contributed by atoms with E-state index in [-0.39, 0.29) is 4.90 Å². The average molecular weight is 173 g/mol. The van der Waals surface area contributed by atoms with E-state index in [2.05, 4.69) is 0 Å². The summed E-state index contributed by atoms with van der Waals surface area (Å²) >= 11 is -2.48. The summed E-state index contributed by atoms with van der Waals surface area (Å²) in [5.74, 6) is -0.666. The van der Waals surface area contributed by atoms with Gasteiger partial charge >= 0.3 is 0 Å². The van der Waals surface area contributed by atoms with Gasteiger partial charge in [0.2, 0.25) is 0 Å². The minimum atomic E-state index is -2.48. The van der Waals surface area contributed by atoms with Crippen LogP contribution in [0.2, 0.25) is 0 Å². The molecule has 0 radical (unpaired) electrons. The Kier molecular flexibility index (Phi) is 2.36. The molecule has 0 aliphatic rings. The number of hydrogen-bond donors (Lipinski definition) is 0. The fourth-order valence-corrected chi connectivity index (χ4v) is 1.25. The quantitative estimate of drug-likeness (QED) is 0.602. The van der Waals surface area contributed by atoms with E-state index in [1.807, 2.05) is 0 Å². The Labute approximate surface area is 66.3 Å². The van der Waals surface area contributed by atoms with Crippen molar-refractivity contribution in [2.24, 2.45) is 0 Å². The van der Waals surface area contributed by atoms with Crippen LogP contribution in [-0.2, 0) is 11.1 Å². The Morgan fingerprint density at radius 1 is 1.55 bits per heavy atom. The lowest BCUT2D eigenvalue weighted by atomic mass is 10.2. The summed E-state index contributed by atoms with van der Waals surface area (Å²) in [6, 6.07) is 4.25. The van der Waals surface area contributed by atoms with E-state index in [0.717, 1.165) is 0 Å². The van der Waals surface area contributed by atoms with Gasteiger partial charge in [-0.15, -0.1) is 0 Å². The number of rotatable bonds is 1. The van der Waals surface area contributed by atoms with Gasteiger partial charge in [-0.1, -0.05) is 12.1 Å². The average Bonchev–Trinajstić information content (AvgIpc) is 1.94. The number of hydrogen-bond acceptors (Lipinski definition) is 2. The number of halogens is 1. The number of benzene rings is 1. The third-order valence-corrected chi connectivity index (χ3v) is 2.01. The predicted molar refractivity (Wildman–Crippen MR) is 38.3 cm³/mol. The molecule has 60 valence electrons. The summed E-state index contributed by atoms with van der Waals surface area (Å²) in [6.45, 7) is 1.52. The normalized spacial score (nSPS) is 13.0. The van der Waals surface area contributed by atoms with E-state index in [1.165, 1.54) is 25.1 Å². The molecule has 11 heavy (non-hydrogen) atoms. The molecule has 0 bridgehead atoms. The highest BCUT2D eigenvalue weighted by Crippen LogP contribution is 2.13. The molecule has 0 aliphatic heterocycles. The van der Waals surface area contributed by atoms with Crippen LogP contribution in [0.4, 0.5) is 4.39 Å². The van der Waals surface area contributed by atoms with Gasteiger partial charge in [-0.2, -0.15) is 0 Å². The minimum absolute atomic E-state index is 0.273. The van der Waals surface area contributed by atoms with Gasteiger partial charge in [-0.05, 0) is 29.6 Å². The molecule has 0 heterocycles. The zero-order valence-electron chi connectivity index (χ0n) is 5.83. The van der Waals surface area contributed by atoms with Crippen LogP contribution in [0.15, 0.2) is 23.1 Å². The Morgan fingerprint density at radius 3 is 2.64 bits per heavy atom. The van der Waals surface area contributed by atoms with Crippen molar-refractivity contribution in [1.29, 1.82) is 0 Å². The second kappa shape index (κ2) is 3.11. The third-order valence-electron chi connectivity index (χ3n) is 1.34. The maximum Gasteiger partial charge on any atom is 0.141 e. The van der Waals surface area contributed by atoms with E-state index in [4.69, 9.17) is 0 Å². The standard InChI is InChI=1S/C7H7FO2S/c1-5-3-2-4-6(7(5)8)11(9)10/h2-4H,1H3,(H,9,10)/p-1. The van der Waals surface area contributed by atoms with Crippen molar-refractivity contribution in [1.82, 2.24) is 0 Å². The monoisotopic (exact) mass is 173 g/mol. The van der Waals surface area contributed by atoms with Crippen molar-refractivity contribution >= 4 is 11.1 Å². The van der Waals surface area contributed by atoms with Crippen molar-refractivity contribution in [3.05, 3.63) is 29.6 Å². The fourth-order valence-electron chi connectivity index (χ4n) is 0.749. The fraction of sp³-hybridized carbons (Fsp3) is 0.143. The van der Waals surface area contributed by atoms with Crippen LogP contribution in [0, 0.1) is 12.7 Å². The second-order valence-electron chi connectivity index (χ2n) is 2.12. The summed E-state index contributed by atoms with van der Waals surface area (Å²) in [5.41, 5.74) is 0.340. The van der Waals surface area contributed by atoms with E-state index >= 15 is 0 Å². The number of aryl methyl sites for hydroxylation is 1. The minimum Gasteiger partial charge on any atom is -0.768 e. The summed E-state index contributed by atoms with van der Waals surface area (Å²) in [5, 5.41) is 0. The summed E-state index contributed by atoms with van der Waals surface area (Å²) < 4.78 is 33.5. The Balaban J connectivity index is 3.27. The molecule has 0 saturated heterocycles. The van der Waals surface area contributed by atoms with Crippen LogP contribution in [0.1, 0.15) is 5.56 Å². The molecule has 4 heteroatoms. The molecule has 1 atom stereocenters. The molecule has 0 saturated carbocycles. The van der Waals surface area contributed by atoms with Crippen LogP contribution >= 0.6 is 0 Å². The van der Waals surface area contributed by atoms with Crippen molar-refractivity contribution < 1.29 is 13.2 Å². The molecule has 0 aromatic heterocycles.